The Bertz CT molecular complexity index is 940. The Labute approximate surface area is 156 Å². The zero-order valence-electron chi connectivity index (χ0n) is 14.9. The first-order valence-electron chi connectivity index (χ1n) is 8.29. The largest absolute Gasteiger partial charge is 0.394 e. The number of carbonyl (C=O) groups is 1. The van der Waals surface area contributed by atoms with Gasteiger partial charge < -0.3 is 14.9 Å². The normalized spacial score (nSPS) is 26.6. The summed E-state index contributed by atoms with van der Waals surface area (Å²) in [4.78, 5) is 34.8. The third-order valence-corrected chi connectivity index (χ3v) is 5.63. The molecule has 2 aromatic heterocycles. The molecule has 12 heteroatoms. The molecule has 2 unspecified atom stereocenters. The Kier molecular flexibility index (Phi) is 5.42. The first kappa shape index (κ1) is 19.6. The predicted molar refractivity (Wildman–Crippen MR) is 96.5 cm³/mol. The summed E-state index contributed by atoms with van der Waals surface area (Å²) in [6, 6.07) is 0. The number of aromatic nitrogens is 4. The van der Waals surface area contributed by atoms with Gasteiger partial charge in [-0.25, -0.2) is 4.98 Å². The number of anilines is 1. The van der Waals surface area contributed by atoms with Gasteiger partial charge in [0.2, 0.25) is 11.9 Å². The average Bonchev–Trinajstić information content (AvgIpc) is 3.15. The summed E-state index contributed by atoms with van der Waals surface area (Å²) >= 11 is 0. The maximum atomic E-state index is 12.3. The van der Waals surface area contributed by atoms with Gasteiger partial charge in [-0.2, -0.15) is 4.98 Å². The number of ether oxygens (including phenoxy) is 1. The molecule has 27 heavy (non-hydrogen) atoms. The minimum absolute atomic E-state index is 0.00344. The van der Waals surface area contributed by atoms with Crippen LogP contribution < -0.4 is 10.9 Å². The summed E-state index contributed by atoms with van der Waals surface area (Å²) < 4.78 is 19.1. The van der Waals surface area contributed by atoms with Gasteiger partial charge in [-0.15, -0.1) is 0 Å². The van der Waals surface area contributed by atoms with Crippen molar-refractivity contribution in [1.29, 1.82) is 0 Å². The van der Waals surface area contributed by atoms with E-state index < -0.39 is 46.7 Å². The fraction of sp³-hybridized carbons (Fsp3) is 0.600. The summed E-state index contributed by atoms with van der Waals surface area (Å²) in [6.45, 7) is 2.93. The number of aliphatic hydroxyl groups is 2. The topological polar surface area (TPSA) is 159 Å². The molecule has 3 heterocycles. The van der Waals surface area contributed by atoms with Gasteiger partial charge in [-0.05, 0) is 0 Å². The van der Waals surface area contributed by atoms with Crippen LogP contribution in [0.15, 0.2) is 11.1 Å². The molecule has 1 fully saturated rings. The first-order valence-corrected chi connectivity index (χ1v) is 9.91. The molecule has 5 atom stereocenters. The second kappa shape index (κ2) is 7.46. The first-order chi connectivity index (χ1) is 12.7. The van der Waals surface area contributed by atoms with Crippen molar-refractivity contribution in [3.63, 3.8) is 0 Å². The molecular weight excluding hydrogens is 378 g/mol. The number of aromatic amines is 1. The third-order valence-electron chi connectivity index (χ3n) is 4.35. The molecular formula is C15H21N5O6S. The van der Waals surface area contributed by atoms with Gasteiger partial charge in [0, 0.05) is 23.0 Å². The molecule has 11 nitrogen and oxygen atoms in total. The minimum atomic E-state index is -1.50. The van der Waals surface area contributed by atoms with Crippen LogP contribution in [0.3, 0.4) is 0 Å². The van der Waals surface area contributed by atoms with Crippen molar-refractivity contribution in [1.82, 2.24) is 19.5 Å². The quantitative estimate of drug-likeness (QED) is 0.483. The van der Waals surface area contributed by atoms with Crippen LogP contribution in [0, 0.1) is 5.92 Å². The van der Waals surface area contributed by atoms with Crippen LogP contribution in [0.1, 0.15) is 20.1 Å². The van der Waals surface area contributed by atoms with Crippen molar-refractivity contribution in [2.75, 3.05) is 18.2 Å². The van der Waals surface area contributed by atoms with Crippen molar-refractivity contribution in [3.05, 3.63) is 16.7 Å². The number of nitrogens with one attached hydrogen (secondary N) is 2. The molecule has 0 aliphatic carbocycles. The van der Waals surface area contributed by atoms with Crippen molar-refractivity contribution >= 4 is 33.8 Å². The van der Waals surface area contributed by atoms with E-state index in [1.807, 2.05) is 0 Å². The fourth-order valence-corrected chi connectivity index (χ4v) is 3.98. The van der Waals surface area contributed by atoms with E-state index in [2.05, 4.69) is 20.3 Å². The smallest absolute Gasteiger partial charge is 0.280 e. The molecule has 3 rings (SSSR count). The van der Waals surface area contributed by atoms with Crippen LogP contribution in [0.2, 0.25) is 0 Å². The highest BCUT2D eigenvalue weighted by Gasteiger charge is 2.47. The van der Waals surface area contributed by atoms with E-state index in [9.17, 15) is 24.0 Å². The zero-order valence-corrected chi connectivity index (χ0v) is 15.8. The number of amides is 1. The van der Waals surface area contributed by atoms with E-state index in [1.165, 1.54) is 17.2 Å². The SMILES string of the molecule is CC(C)C(=O)Nc1nc2c(ncn2[C@@H]2O[C@H](CO)[C@@H](O)C2S(C)=O)c(=O)[nH]1. The number of fused-ring (bicyclic) bond motifs is 1. The van der Waals surface area contributed by atoms with E-state index in [0.29, 0.717) is 0 Å². The molecule has 0 aromatic carbocycles. The molecule has 1 amide bonds. The molecule has 1 aliphatic rings. The Morgan fingerprint density at radius 2 is 2.22 bits per heavy atom. The summed E-state index contributed by atoms with van der Waals surface area (Å²) in [5.41, 5.74) is -0.461. The van der Waals surface area contributed by atoms with Gasteiger partial charge in [0.05, 0.1) is 12.9 Å². The molecule has 0 saturated carbocycles. The number of hydrogen-bond acceptors (Lipinski definition) is 8. The number of H-pyrrole nitrogens is 1. The highest BCUT2D eigenvalue weighted by molar-refractivity contribution is 7.85. The van der Waals surface area contributed by atoms with Crippen molar-refractivity contribution in [3.8, 4) is 0 Å². The van der Waals surface area contributed by atoms with Crippen LogP contribution in [-0.4, -0.2) is 70.2 Å². The number of carbonyl (C=O) groups excluding carboxylic acids is 1. The molecule has 0 spiro atoms. The third kappa shape index (κ3) is 3.52. The highest BCUT2D eigenvalue weighted by Crippen LogP contribution is 2.34. The molecule has 2 aromatic rings. The molecule has 0 bridgehead atoms. The van der Waals surface area contributed by atoms with Gasteiger partial charge in [-0.3, -0.25) is 28.7 Å². The summed E-state index contributed by atoms with van der Waals surface area (Å²) in [5, 5.41) is 21.3. The second-order valence-corrected chi connectivity index (χ2v) is 8.13. The number of rotatable bonds is 5. The average molecular weight is 399 g/mol. The number of aliphatic hydroxyl groups excluding tert-OH is 2. The maximum Gasteiger partial charge on any atom is 0.280 e. The second-order valence-electron chi connectivity index (χ2n) is 6.58. The Morgan fingerprint density at radius 3 is 2.81 bits per heavy atom. The van der Waals surface area contributed by atoms with Gasteiger partial charge in [0.15, 0.2) is 17.4 Å². The molecule has 0 radical (unpaired) electrons. The Balaban J connectivity index is 2.07. The zero-order chi connectivity index (χ0) is 19.9. The van der Waals surface area contributed by atoms with Gasteiger partial charge in [-0.1, -0.05) is 13.8 Å². The van der Waals surface area contributed by atoms with Crippen LogP contribution in [0.5, 0.6) is 0 Å². The van der Waals surface area contributed by atoms with E-state index in [4.69, 9.17) is 4.74 Å². The lowest BCUT2D eigenvalue weighted by atomic mass is 10.2. The maximum absolute atomic E-state index is 12.3. The Hall–Kier alpha value is -2.15. The van der Waals surface area contributed by atoms with Crippen LogP contribution >= 0.6 is 0 Å². The summed E-state index contributed by atoms with van der Waals surface area (Å²) in [7, 11) is -1.50. The number of imidazole rings is 1. The van der Waals surface area contributed by atoms with E-state index in [-0.39, 0.29) is 28.9 Å². The number of hydrogen-bond donors (Lipinski definition) is 4. The molecule has 1 aliphatic heterocycles. The lowest BCUT2D eigenvalue weighted by Gasteiger charge is -2.19. The van der Waals surface area contributed by atoms with Gasteiger partial charge in [0.1, 0.15) is 17.5 Å². The minimum Gasteiger partial charge on any atom is -0.394 e. The lowest BCUT2D eigenvalue weighted by molar-refractivity contribution is -0.118. The van der Waals surface area contributed by atoms with Gasteiger partial charge >= 0.3 is 0 Å². The van der Waals surface area contributed by atoms with Crippen LogP contribution in [0.25, 0.3) is 11.2 Å². The van der Waals surface area contributed by atoms with Crippen LogP contribution in [0.4, 0.5) is 5.95 Å². The van der Waals surface area contributed by atoms with E-state index >= 15 is 0 Å². The Morgan fingerprint density at radius 1 is 1.52 bits per heavy atom. The van der Waals surface area contributed by atoms with Crippen LogP contribution in [-0.2, 0) is 20.3 Å². The van der Waals surface area contributed by atoms with Gasteiger partial charge in [0.25, 0.3) is 5.56 Å². The van der Waals surface area contributed by atoms with Crippen molar-refractivity contribution in [2.24, 2.45) is 5.92 Å². The van der Waals surface area contributed by atoms with Crippen molar-refractivity contribution < 1.29 is 24.0 Å². The predicted octanol–water partition coefficient (Wildman–Crippen LogP) is -1.29. The monoisotopic (exact) mass is 399 g/mol. The molecule has 148 valence electrons. The van der Waals surface area contributed by atoms with Crippen molar-refractivity contribution in [2.45, 2.75) is 37.5 Å². The lowest BCUT2D eigenvalue weighted by Crippen LogP contribution is -2.36. The number of nitrogens with zero attached hydrogens (tertiary/aromatic N) is 3. The summed E-state index contributed by atoms with van der Waals surface area (Å²) in [6.07, 6.45) is -0.333. The summed E-state index contributed by atoms with van der Waals surface area (Å²) in [5.74, 6) is -0.704. The highest BCUT2D eigenvalue weighted by atomic mass is 32.2. The molecule has 4 N–H and O–H groups in total. The fourth-order valence-electron chi connectivity index (χ4n) is 2.88. The van der Waals surface area contributed by atoms with E-state index in [0.717, 1.165) is 0 Å². The van der Waals surface area contributed by atoms with E-state index in [1.54, 1.807) is 13.8 Å². The molecule has 1 saturated heterocycles. The standard InChI is InChI=1S/C15H21N5O6S/c1-6(2)12(23)18-15-17-11-8(13(24)19-15)16-5-20(11)14-10(27(3)25)9(22)7(4-21)26-14/h5-7,9-10,14,21-22H,4H2,1-3H3,(H2,17,18,19,23,24)/t7-,9-,10?,14-,27?/m1/s1.